The Bertz CT molecular complexity index is 280. The third kappa shape index (κ3) is 3.59. The quantitative estimate of drug-likeness (QED) is 0.768. The molecule has 0 fully saturated rings. The average molecular weight is 224 g/mol. The Morgan fingerprint density at radius 3 is 2.62 bits per heavy atom. The van der Waals surface area contributed by atoms with Gasteiger partial charge in [-0.05, 0) is 31.7 Å². The maximum Gasteiger partial charge on any atom is 0.0871 e. The molecule has 0 aliphatic heterocycles. The fraction of sp³-hybridized carbons (Fsp3) is 0.833. The van der Waals surface area contributed by atoms with Crippen LogP contribution in [-0.2, 0) is 19.4 Å². The highest BCUT2D eigenvalue weighted by Gasteiger charge is 2.11. The van der Waals surface area contributed by atoms with Crippen LogP contribution in [-0.4, -0.2) is 21.5 Å². The minimum atomic E-state index is 0.652. The van der Waals surface area contributed by atoms with E-state index in [0.717, 1.165) is 37.4 Å². The van der Waals surface area contributed by atoms with Crippen LogP contribution in [0.2, 0.25) is 0 Å². The lowest BCUT2D eigenvalue weighted by Crippen LogP contribution is -2.09. The molecule has 0 amide bonds. The van der Waals surface area contributed by atoms with Crippen LogP contribution >= 0.6 is 0 Å². The molecule has 0 saturated heterocycles. The smallest absolute Gasteiger partial charge is 0.0871 e. The van der Waals surface area contributed by atoms with E-state index in [2.05, 4.69) is 31.1 Å². The molecule has 0 aliphatic carbocycles. The van der Waals surface area contributed by atoms with Gasteiger partial charge in [0.25, 0.3) is 0 Å². The monoisotopic (exact) mass is 224 g/mol. The minimum Gasteiger partial charge on any atom is -0.330 e. The van der Waals surface area contributed by atoms with Crippen LogP contribution in [0.1, 0.15) is 45.0 Å². The second-order valence-corrected chi connectivity index (χ2v) is 4.68. The SMILES string of the molecule is CCCn1nnc(CCN)c1CCC(C)C. The van der Waals surface area contributed by atoms with Gasteiger partial charge in [0.1, 0.15) is 0 Å². The standard InChI is InChI=1S/C12H24N4/c1-4-9-16-12(6-5-10(2)3)11(7-8-13)14-15-16/h10H,4-9,13H2,1-3H3. The molecule has 0 bridgehead atoms. The summed E-state index contributed by atoms with van der Waals surface area (Å²) >= 11 is 0. The van der Waals surface area contributed by atoms with Crippen LogP contribution in [0, 0.1) is 5.92 Å². The third-order valence-electron chi connectivity index (χ3n) is 2.69. The van der Waals surface area contributed by atoms with Crippen LogP contribution < -0.4 is 5.73 Å². The highest BCUT2D eigenvalue weighted by molar-refractivity contribution is 5.11. The summed E-state index contributed by atoms with van der Waals surface area (Å²) in [6.07, 6.45) is 4.20. The largest absolute Gasteiger partial charge is 0.330 e. The number of nitrogens with two attached hydrogens (primary N) is 1. The molecular formula is C12H24N4. The predicted octanol–water partition coefficient (Wildman–Crippen LogP) is 1.78. The maximum absolute atomic E-state index is 5.59. The third-order valence-corrected chi connectivity index (χ3v) is 2.69. The molecule has 0 aliphatic rings. The van der Waals surface area contributed by atoms with Gasteiger partial charge in [0.15, 0.2) is 0 Å². The molecule has 0 aromatic carbocycles. The Hall–Kier alpha value is -0.900. The molecular weight excluding hydrogens is 200 g/mol. The van der Waals surface area contributed by atoms with E-state index in [1.165, 1.54) is 12.1 Å². The van der Waals surface area contributed by atoms with Gasteiger partial charge in [-0.15, -0.1) is 5.10 Å². The zero-order chi connectivity index (χ0) is 12.0. The van der Waals surface area contributed by atoms with Gasteiger partial charge in [-0.3, -0.25) is 0 Å². The van der Waals surface area contributed by atoms with Crippen molar-refractivity contribution in [1.29, 1.82) is 0 Å². The minimum absolute atomic E-state index is 0.652. The zero-order valence-electron chi connectivity index (χ0n) is 10.7. The number of rotatable bonds is 7. The number of nitrogens with zero attached hydrogens (tertiary/aromatic N) is 3. The van der Waals surface area contributed by atoms with E-state index in [9.17, 15) is 0 Å². The van der Waals surface area contributed by atoms with Gasteiger partial charge in [0.05, 0.1) is 11.4 Å². The zero-order valence-corrected chi connectivity index (χ0v) is 10.7. The molecule has 0 radical (unpaired) electrons. The predicted molar refractivity (Wildman–Crippen MR) is 66.2 cm³/mol. The first kappa shape index (κ1) is 13.2. The molecule has 1 aromatic rings. The molecule has 4 nitrogen and oxygen atoms in total. The summed E-state index contributed by atoms with van der Waals surface area (Å²) in [4.78, 5) is 0. The Balaban J connectivity index is 2.76. The van der Waals surface area contributed by atoms with Gasteiger partial charge in [-0.25, -0.2) is 4.68 Å². The summed E-state index contributed by atoms with van der Waals surface area (Å²) < 4.78 is 2.05. The van der Waals surface area contributed by atoms with Crippen molar-refractivity contribution in [3.63, 3.8) is 0 Å². The fourth-order valence-electron chi connectivity index (χ4n) is 1.79. The van der Waals surface area contributed by atoms with E-state index in [-0.39, 0.29) is 0 Å². The van der Waals surface area contributed by atoms with Gasteiger partial charge in [0.2, 0.25) is 0 Å². The summed E-state index contributed by atoms with van der Waals surface area (Å²) in [5.74, 6) is 0.718. The molecule has 0 spiro atoms. The van der Waals surface area contributed by atoms with E-state index in [1.807, 2.05) is 4.68 Å². The topological polar surface area (TPSA) is 56.7 Å². The van der Waals surface area contributed by atoms with Gasteiger partial charge in [-0.1, -0.05) is 26.0 Å². The van der Waals surface area contributed by atoms with Crippen LogP contribution in [0.3, 0.4) is 0 Å². The van der Waals surface area contributed by atoms with Crippen LogP contribution in [0.15, 0.2) is 0 Å². The Labute approximate surface area is 98.2 Å². The summed E-state index contributed by atoms with van der Waals surface area (Å²) in [6.45, 7) is 8.27. The summed E-state index contributed by atoms with van der Waals surface area (Å²) in [5.41, 5.74) is 7.98. The van der Waals surface area contributed by atoms with Crippen molar-refractivity contribution >= 4 is 0 Å². The van der Waals surface area contributed by atoms with Crippen molar-refractivity contribution in [3.05, 3.63) is 11.4 Å². The van der Waals surface area contributed by atoms with Crippen molar-refractivity contribution in [2.45, 2.75) is 53.0 Å². The van der Waals surface area contributed by atoms with Crippen molar-refractivity contribution in [2.24, 2.45) is 11.7 Å². The molecule has 1 rings (SSSR count). The number of hydrogen-bond acceptors (Lipinski definition) is 3. The Morgan fingerprint density at radius 1 is 1.31 bits per heavy atom. The number of aryl methyl sites for hydroxylation is 1. The van der Waals surface area contributed by atoms with E-state index < -0.39 is 0 Å². The van der Waals surface area contributed by atoms with Gasteiger partial charge in [0, 0.05) is 13.0 Å². The van der Waals surface area contributed by atoms with Crippen LogP contribution in [0.25, 0.3) is 0 Å². The van der Waals surface area contributed by atoms with E-state index in [1.54, 1.807) is 0 Å². The maximum atomic E-state index is 5.59. The molecule has 16 heavy (non-hydrogen) atoms. The van der Waals surface area contributed by atoms with Crippen molar-refractivity contribution < 1.29 is 0 Å². The summed E-state index contributed by atoms with van der Waals surface area (Å²) in [6, 6.07) is 0. The molecule has 92 valence electrons. The summed E-state index contributed by atoms with van der Waals surface area (Å²) in [7, 11) is 0. The van der Waals surface area contributed by atoms with Crippen LogP contribution in [0.4, 0.5) is 0 Å². The first-order valence-electron chi connectivity index (χ1n) is 6.30. The molecule has 0 saturated carbocycles. The van der Waals surface area contributed by atoms with E-state index in [0.29, 0.717) is 6.54 Å². The molecule has 0 atom stereocenters. The lowest BCUT2D eigenvalue weighted by Gasteiger charge is -2.08. The molecule has 1 aromatic heterocycles. The first-order chi connectivity index (χ1) is 7.69. The Kier molecular flexibility index (Phi) is 5.46. The fourth-order valence-corrected chi connectivity index (χ4v) is 1.79. The second-order valence-electron chi connectivity index (χ2n) is 4.68. The van der Waals surface area contributed by atoms with Crippen molar-refractivity contribution in [3.8, 4) is 0 Å². The van der Waals surface area contributed by atoms with E-state index >= 15 is 0 Å². The van der Waals surface area contributed by atoms with Gasteiger partial charge >= 0.3 is 0 Å². The summed E-state index contributed by atoms with van der Waals surface area (Å²) in [5, 5.41) is 8.45. The van der Waals surface area contributed by atoms with Crippen molar-refractivity contribution in [1.82, 2.24) is 15.0 Å². The molecule has 1 heterocycles. The Morgan fingerprint density at radius 2 is 2.06 bits per heavy atom. The molecule has 2 N–H and O–H groups in total. The highest BCUT2D eigenvalue weighted by Crippen LogP contribution is 2.13. The lowest BCUT2D eigenvalue weighted by atomic mass is 10.0. The second kappa shape index (κ2) is 6.63. The number of aromatic nitrogens is 3. The highest BCUT2D eigenvalue weighted by atomic mass is 15.4. The van der Waals surface area contributed by atoms with E-state index in [4.69, 9.17) is 5.73 Å². The normalized spacial score (nSPS) is 11.3. The first-order valence-corrected chi connectivity index (χ1v) is 6.30. The van der Waals surface area contributed by atoms with Gasteiger partial charge < -0.3 is 5.73 Å². The lowest BCUT2D eigenvalue weighted by molar-refractivity contribution is 0.522. The van der Waals surface area contributed by atoms with Crippen LogP contribution in [0.5, 0.6) is 0 Å². The average Bonchev–Trinajstić information content (AvgIpc) is 2.59. The molecule has 0 unspecified atom stereocenters. The number of hydrogen-bond donors (Lipinski definition) is 1. The van der Waals surface area contributed by atoms with Crippen molar-refractivity contribution in [2.75, 3.05) is 6.54 Å². The van der Waals surface area contributed by atoms with Gasteiger partial charge in [-0.2, -0.15) is 0 Å². The molecule has 4 heteroatoms.